The van der Waals surface area contributed by atoms with Gasteiger partial charge in [0.15, 0.2) is 5.69 Å². The number of aromatic nitrogens is 4. The largest absolute Gasteiger partial charge is 0.295 e. The van der Waals surface area contributed by atoms with E-state index in [0.29, 0.717) is 10.8 Å². The third-order valence-corrected chi connectivity index (χ3v) is 3.19. The fraction of sp³-hybridized carbons (Fsp3) is 0.0909. The maximum absolute atomic E-state index is 12.0. The van der Waals surface area contributed by atoms with Gasteiger partial charge in [0.1, 0.15) is 5.01 Å². The van der Waals surface area contributed by atoms with Gasteiger partial charge in [-0.3, -0.25) is 15.2 Å². The lowest BCUT2D eigenvalue weighted by molar-refractivity contribution is 0.102. The van der Waals surface area contributed by atoms with Crippen molar-refractivity contribution in [3.63, 3.8) is 0 Å². The monoisotopic (exact) mass is 259 g/mol. The maximum Gasteiger partial charge on any atom is 0.278 e. The Morgan fingerprint density at radius 2 is 2.17 bits per heavy atom. The van der Waals surface area contributed by atoms with Crippen molar-refractivity contribution in [3.05, 3.63) is 35.0 Å². The number of nitrogens with zero attached hydrogens (tertiary/aromatic N) is 3. The number of hydrogen-bond donors (Lipinski definition) is 2. The summed E-state index contributed by atoms with van der Waals surface area (Å²) in [7, 11) is 0. The molecule has 18 heavy (non-hydrogen) atoms. The zero-order valence-corrected chi connectivity index (χ0v) is 10.3. The van der Waals surface area contributed by atoms with E-state index < -0.39 is 0 Å². The molecular formula is C11H9N5OS. The van der Waals surface area contributed by atoms with Crippen molar-refractivity contribution in [2.24, 2.45) is 0 Å². The first kappa shape index (κ1) is 10.8. The van der Waals surface area contributed by atoms with Gasteiger partial charge < -0.3 is 0 Å². The number of carbonyl (C=O) groups is 1. The minimum absolute atomic E-state index is 0.288. The fourth-order valence-corrected chi connectivity index (χ4v) is 2.23. The summed E-state index contributed by atoms with van der Waals surface area (Å²) in [6.45, 7) is 1.83. The molecule has 0 aliphatic heterocycles. The van der Waals surface area contributed by atoms with E-state index in [1.807, 2.05) is 31.2 Å². The van der Waals surface area contributed by atoms with Gasteiger partial charge in [0.25, 0.3) is 5.91 Å². The number of anilines is 1. The highest BCUT2D eigenvalue weighted by Gasteiger charge is 2.15. The number of hydrogen-bond acceptors (Lipinski definition) is 5. The second-order valence-electron chi connectivity index (χ2n) is 3.70. The predicted molar refractivity (Wildman–Crippen MR) is 68.7 cm³/mol. The lowest BCUT2D eigenvalue weighted by atomic mass is 10.2. The van der Waals surface area contributed by atoms with Crippen LogP contribution in [0.15, 0.2) is 24.3 Å². The summed E-state index contributed by atoms with van der Waals surface area (Å²) >= 11 is 1.33. The van der Waals surface area contributed by atoms with Crippen LogP contribution in [0.25, 0.3) is 10.9 Å². The van der Waals surface area contributed by atoms with Crippen molar-refractivity contribution in [2.75, 3.05) is 5.32 Å². The van der Waals surface area contributed by atoms with Crippen molar-refractivity contribution in [3.8, 4) is 0 Å². The number of H-pyrrole nitrogens is 1. The van der Waals surface area contributed by atoms with Gasteiger partial charge in [0, 0.05) is 5.39 Å². The van der Waals surface area contributed by atoms with Crippen LogP contribution < -0.4 is 5.32 Å². The molecule has 0 bridgehead atoms. The zero-order chi connectivity index (χ0) is 12.5. The highest BCUT2D eigenvalue weighted by atomic mass is 32.1. The molecule has 0 spiro atoms. The van der Waals surface area contributed by atoms with Crippen LogP contribution in [0.5, 0.6) is 0 Å². The van der Waals surface area contributed by atoms with E-state index in [9.17, 15) is 4.79 Å². The van der Waals surface area contributed by atoms with Crippen molar-refractivity contribution < 1.29 is 4.79 Å². The molecule has 1 amide bonds. The summed E-state index contributed by atoms with van der Waals surface area (Å²) < 4.78 is 0. The lowest BCUT2D eigenvalue weighted by Crippen LogP contribution is -2.12. The quantitative estimate of drug-likeness (QED) is 0.737. The maximum atomic E-state index is 12.0. The van der Waals surface area contributed by atoms with Gasteiger partial charge in [-0.15, -0.1) is 10.2 Å². The molecule has 0 atom stereocenters. The Kier molecular flexibility index (Phi) is 2.52. The molecule has 0 unspecified atom stereocenters. The molecule has 0 aliphatic rings. The first-order chi connectivity index (χ1) is 8.74. The second kappa shape index (κ2) is 4.19. The number of fused-ring (bicyclic) bond motifs is 1. The minimum Gasteiger partial charge on any atom is -0.295 e. The number of aromatic amines is 1. The van der Waals surface area contributed by atoms with E-state index in [2.05, 4.69) is 25.7 Å². The van der Waals surface area contributed by atoms with Gasteiger partial charge >= 0.3 is 0 Å². The molecule has 0 saturated heterocycles. The summed E-state index contributed by atoms with van der Waals surface area (Å²) in [5.41, 5.74) is 1.19. The molecule has 6 nitrogen and oxygen atoms in total. The molecule has 0 aliphatic carbocycles. The number of benzene rings is 1. The van der Waals surface area contributed by atoms with Crippen molar-refractivity contribution in [1.82, 2.24) is 20.4 Å². The first-order valence-electron chi connectivity index (χ1n) is 5.28. The molecular weight excluding hydrogens is 250 g/mol. The Morgan fingerprint density at radius 1 is 1.33 bits per heavy atom. The van der Waals surface area contributed by atoms with Crippen LogP contribution >= 0.6 is 11.3 Å². The number of rotatable bonds is 2. The molecule has 2 aromatic heterocycles. The summed E-state index contributed by atoms with van der Waals surface area (Å²) in [6, 6.07) is 7.47. The summed E-state index contributed by atoms with van der Waals surface area (Å²) in [5.74, 6) is -0.288. The molecule has 0 radical (unpaired) electrons. The number of para-hydroxylation sites is 1. The third kappa shape index (κ3) is 1.84. The van der Waals surface area contributed by atoms with Crippen LogP contribution in [0.2, 0.25) is 0 Å². The van der Waals surface area contributed by atoms with Gasteiger partial charge in [0.2, 0.25) is 5.13 Å². The summed E-state index contributed by atoms with van der Waals surface area (Å²) in [5, 5.41) is 19.3. The molecule has 3 rings (SSSR count). The first-order valence-corrected chi connectivity index (χ1v) is 6.10. The van der Waals surface area contributed by atoms with Gasteiger partial charge in [-0.25, -0.2) is 0 Å². The molecule has 1 aromatic carbocycles. The molecule has 2 heterocycles. The molecule has 7 heteroatoms. The number of aryl methyl sites for hydroxylation is 1. The third-order valence-electron chi connectivity index (χ3n) is 2.43. The van der Waals surface area contributed by atoms with Gasteiger partial charge in [-0.05, 0) is 13.0 Å². The molecule has 90 valence electrons. The number of amides is 1. The van der Waals surface area contributed by atoms with E-state index in [0.717, 1.165) is 15.9 Å². The highest BCUT2D eigenvalue weighted by molar-refractivity contribution is 7.15. The molecule has 0 saturated carbocycles. The Labute approximate surface area is 106 Å². The normalized spacial score (nSPS) is 10.7. The van der Waals surface area contributed by atoms with E-state index in [4.69, 9.17) is 0 Å². The SMILES string of the molecule is Cc1nnc(NC(=O)c2n[nH]c3ccccc23)s1. The highest BCUT2D eigenvalue weighted by Crippen LogP contribution is 2.18. The fourth-order valence-electron chi connectivity index (χ4n) is 1.64. The standard InChI is InChI=1S/C11H9N5OS/c1-6-13-16-11(18-6)12-10(17)9-7-4-2-3-5-8(7)14-15-9/h2-5H,1H3,(H,14,15)(H,12,16,17). The Hall–Kier alpha value is -2.28. The zero-order valence-electron chi connectivity index (χ0n) is 9.47. The van der Waals surface area contributed by atoms with Crippen LogP contribution in [-0.2, 0) is 0 Å². The predicted octanol–water partition coefficient (Wildman–Crippen LogP) is 1.98. The Balaban J connectivity index is 1.92. The Bertz CT molecular complexity index is 717. The van der Waals surface area contributed by atoms with Crippen LogP contribution in [-0.4, -0.2) is 26.3 Å². The van der Waals surface area contributed by atoms with Crippen LogP contribution in [0.4, 0.5) is 5.13 Å². The average Bonchev–Trinajstić information content (AvgIpc) is 2.95. The number of nitrogens with one attached hydrogen (secondary N) is 2. The molecule has 0 fully saturated rings. The van der Waals surface area contributed by atoms with Crippen LogP contribution in [0.1, 0.15) is 15.5 Å². The summed E-state index contributed by atoms with van der Waals surface area (Å²) in [6.07, 6.45) is 0. The summed E-state index contributed by atoms with van der Waals surface area (Å²) in [4.78, 5) is 12.0. The minimum atomic E-state index is -0.288. The second-order valence-corrected chi connectivity index (χ2v) is 4.88. The van der Waals surface area contributed by atoms with Crippen LogP contribution in [0.3, 0.4) is 0 Å². The van der Waals surface area contributed by atoms with Crippen molar-refractivity contribution in [1.29, 1.82) is 0 Å². The van der Waals surface area contributed by atoms with E-state index in [1.54, 1.807) is 0 Å². The topological polar surface area (TPSA) is 83.6 Å². The molecule has 3 aromatic rings. The van der Waals surface area contributed by atoms with E-state index in [-0.39, 0.29) is 5.91 Å². The van der Waals surface area contributed by atoms with E-state index >= 15 is 0 Å². The Morgan fingerprint density at radius 3 is 2.94 bits per heavy atom. The van der Waals surface area contributed by atoms with Crippen molar-refractivity contribution in [2.45, 2.75) is 6.92 Å². The molecule has 2 N–H and O–H groups in total. The van der Waals surface area contributed by atoms with Gasteiger partial charge in [-0.1, -0.05) is 29.5 Å². The van der Waals surface area contributed by atoms with Crippen LogP contribution in [0, 0.1) is 6.92 Å². The number of carbonyl (C=O) groups excluding carboxylic acids is 1. The van der Waals surface area contributed by atoms with Gasteiger partial charge in [-0.2, -0.15) is 5.10 Å². The average molecular weight is 259 g/mol. The van der Waals surface area contributed by atoms with Gasteiger partial charge in [0.05, 0.1) is 5.52 Å². The lowest BCUT2D eigenvalue weighted by Gasteiger charge is -1.97. The van der Waals surface area contributed by atoms with Crippen molar-refractivity contribution >= 4 is 33.3 Å². The smallest absolute Gasteiger partial charge is 0.278 e. The van der Waals surface area contributed by atoms with E-state index in [1.165, 1.54) is 11.3 Å².